The average molecular weight is 132 g/mol. The van der Waals surface area contributed by atoms with Gasteiger partial charge in [-0.15, -0.1) is 0 Å². The van der Waals surface area contributed by atoms with Crippen LogP contribution in [0.1, 0.15) is 19.8 Å². The Morgan fingerprint density at radius 2 is 2.22 bits per heavy atom. The molecule has 0 bridgehead atoms. The molecule has 1 atom stereocenters. The second-order valence-electron chi connectivity index (χ2n) is 2.08. The predicted octanol–water partition coefficient (Wildman–Crippen LogP) is -0.291. The van der Waals surface area contributed by atoms with Gasteiger partial charge < -0.3 is 15.0 Å². The highest BCUT2D eigenvalue weighted by molar-refractivity contribution is 5.75. The molecule has 0 aliphatic carbocycles. The molecule has 0 aliphatic heterocycles. The molecule has 3 nitrogen and oxygen atoms in total. The van der Waals surface area contributed by atoms with Gasteiger partial charge in [0.1, 0.15) is 5.78 Å². The molecule has 0 radical (unpaired) electrons. The van der Waals surface area contributed by atoms with Crippen molar-refractivity contribution in [2.75, 3.05) is 6.61 Å². The summed E-state index contributed by atoms with van der Waals surface area (Å²) in [6.45, 7) is 1.21. The lowest BCUT2D eigenvalue weighted by Gasteiger charge is -2.02. The number of hydrogen-bond acceptors (Lipinski definition) is 3. The van der Waals surface area contributed by atoms with Crippen LogP contribution in [0, 0.1) is 0 Å². The molecule has 0 saturated heterocycles. The quantitative estimate of drug-likeness (QED) is 0.552. The zero-order chi connectivity index (χ0) is 7.28. The third-order valence-corrected chi connectivity index (χ3v) is 1.04. The molecule has 0 unspecified atom stereocenters. The maximum Gasteiger partial charge on any atom is 0.129 e. The van der Waals surface area contributed by atoms with E-state index >= 15 is 0 Å². The van der Waals surface area contributed by atoms with Crippen LogP contribution in [0.25, 0.3) is 0 Å². The Bertz CT molecular complexity index is 90.3. The standard InChI is InChI=1S/C6H12O3/c1-5(8)2-3-6(9)4-7/h6-7,9H,2-4H2,1H3/t6-/m0/s1. The van der Waals surface area contributed by atoms with Gasteiger partial charge in [-0.2, -0.15) is 0 Å². The van der Waals surface area contributed by atoms with Crippen molar-refractivity contribution in [1.29, 1.82) is 0 Å². The van der Waals surface area contributed by atoms with Gasteiger partial charge in [0.25, 0.3) is 0 Å². The molecule has 0 amide bonds. The van der Waals surface area contributed by atoms with Crippen LogP contribution in [0.15, 0.2) is 0 Å². The van der Waals surface area contributed by atoms with E-state index in [2.05, 4.69) is 0 Å². The van der Waals surface area contributed by atoms with Gasteiger partial charge >= 0.3 is 0 Å². The van der Waals surface area contributed by atoms with Crippen LogP contribution in [0.4, 0.5) is 0 Å². The van der Waals surface area contributed by atoms with E-state index in [1.807, 2.05) is 0 Å². The molecule has 9 heavy (non-hydrogen) atoms. The summed E-state index contributed by atoms with van der Waals surface area (Å²) in [6, 6.07) is 0. The molecule has 0 heterocycles. The molecule has 3 heteroatoms. The highest BCUT2D eigenvalue weighted by Crippen LogP contribution is 1.95. The Kier molecular flexibility index (Phi) is 4.26. The summed E-state index contributed by atoms with van der Waals surface area (Å²) >= 11 is 0. The molecule has 0 fully saturated rings. The van der Waals surface area contributed by atoms with Crippen LogP contribution in [0.5, 0.6) is 0 Å². The van der Waals surface area contributed by atoms with Gasteiger partial charge in [-0.25, -0.2) is 0 Å². The lowest BCUT2D eigenvalue weighted by atomic mass is 10.2. The Balaban J connectivity index is 3.16. The Morgan fingerprint density at radius 1 is 1.67 bits per heavy atom. The first-order valence-corrected chi connectivity index (χ1v) is 2.95. The van der Waals surface area contributed by atoms with Crippen molar-refractivity contribution in [3.63, 3.8) is 0 Å². The first-order valence-electron chi connectivity index (χ1n) is 2.95. The van der Waals surface area contributed by atoms with Gasteiger partial charge in [0, 0.05) is 6.42 Å². The molecule has 2 N–H and O–H groups in total. The summed E-state index contributed by atoms with van der Waals surface area (Å²) in [5.41, 5.74) is 0. The van der Waals surface area contributed by atoms with Crippen molar-refractivity contribution in [2.45, 2.75) is 25.9 Å². The highest BCUT2D eigenvalue weighted by Gasteiger charge is 2.02. The van der Waals surface area contributed by atoms with Crippen molar-refractivity contribution in [3.05, 3.63) is 0 Å². The van der Waals surface area contributed by atoms with E-state index in [4.69, 9.17) is 10.2 Å². The monoisotopic (exact) mass is 132 g/mol. The van der Waals surface area contributed by atoms with E-state index in [0.717, 1.165) is 0 Å². The number of Topliss-reactive ketones (excluding diaryl/α,β-unsaturated/α-hetero) is 1. The van der Waals surface area contributed by atoms with E-state index < -0.39 is 6.10 Å². The first-order chi connectivity index (χ1) is 4.16. The fourth-order valence-electron chi connectivity index (χ4n) is 0.461. The normalized spacial score (nSPS) is 13.2. The first kappa shape index (κ1) is 8.59. The molecular formula is C6H12O3. The molecule has 0 aromatic carbocycles. The van der Waals surface area contributed by atoms with E-state index in [-0.39, 0.29) is 12.4 Å². The van der Waals surface area contributed by atoms with Crippen LogP contribution >= 0.6 is 0 Å². The summed E-state index contributed by atoms with van der Waals surface area (Å²) in [4.78, 5) is 10.3. The van der Waals surface area contributed by atoms with Crippen molar-refractivity contribution in [3.8, 4) is 0 Å². The smallest absolute Gasteiger partial charge is 0.129 e. The van der Waals surface area contributed by atoms with E-state index in [1.54, 1.807) is 0 Å². The fraction of sp³-hybridized carbons (Fsp3) is 0.833. The van der Waals surface area contributed by atoms with Crippen molar-refractivity contribution in [1.82, 2.24) is 0 Å². The zero-order valence-corrected chi connectivity index (χ0v) is 5.50. The van der Waals surface area contributed by atoms with Gasteiger partial charge in [0.05, 0.1) is 12.7 Å². The van der Waals surface area contributed by atoms with E-state index in [9.17, 15) is 4.79 Å². The number of aliphatic hydroxyl groups excluding tert-OH is 2. The van der Waals surface area contributed by atoms with Crippen LogP contribution in [-0.4, -0.2) is 28.7 Å². The predicted molar refractivity (Wildman–Crippen MR) is 33.0 cm³/mol. The van der Waals surface area contributed by atoms with Gasteiger partial charge in [-0.1, -0.05) is 0 Å². The van der Waals surface area contributed by atoms with Crippen LogP contribution in [-0.2, 0) is 4.79 Å². The minimum atomic E-state index is -0.728. The van der Waals surface area contributed by atoms with Crippen LogP contribution < -0.4 is 0 Å². The molecule has 0 aliphatic rings. The Labute approximate surface area is 54.3 Å². The summed E-state index contributed by atoms with van der Waals surface area (Å²) in [7, 11) is 0. The summed E-state index contributed by atoms with van der Waals surface area (Å²) < 4.78 is 0. The molecular weight excluding hydrogens is 120 g/mol. The maximum absolute atomic E-state index is 10.3. The lowest BCUT2D eigenvalue weighted by Crippen LogP contribution is -2.12. The van der Waals surface area contributed by atoms with Crippen molar-refractivity contribution < 1.29 is 15.0 Å². The number of hydrogen-bond donors (Lipinski definition) is 2. The molecule has 0 spiro atoms. The second-order valence-corrected chi connectivity index (χ2v) is 2.08. The maximum atomic E-state index is 10.3. The van der Waals surface area contributed by atoms with Crippen molar-refractivity contribution >= 4 is 5.78 Å². The Hall–Kier alpha value is -0.410. The summed E-state index contributed by atoms with van der Waals surface area (Å²) in [5, 5.41) is 17.0. The molecule has 0 saturated carbocycles. The zero-order valence-electron chi connectivity index (χ0n) is 5.50. The van der Waals surface area contributed by atoms with Gasteiger partial charge in [-0.05, 0) is 13.3 Å². The highest BCUT2D eigenvalue weighted by atomic mass is 16.3. The van der Waals surface area contributed by atoms with E-state index in [0.29, 0.717) is 12.8 Å². The van der Waals surface area contributed by atoms with E-state index in [1.165, 1.54) is 6.92 Å². The SMILES string of the molecule is CC(=O)CC[C@H](O)CO. The number of aliphatic hydroxyl groups is 2. The molecule has 0 aromatic heterocycles. The van der Waals surface area contributed by atoms with Crippen LogP contribution in [0.2, 0.25) is 0 Å². The molecule has 0 rings (SSSR count). The molecule has 54 valence electrons. The largest absolute Gasteiger partial charge is 0.394 e. The minimum absolute atomic E-state index is 0.0440. The number of rotatable bonds is 4. The van der Waals surface area contributed by atoms with Crippen molar-refractivity contribution in [2.24, 2.45) is 0 Å². The van der Waals surface area contributed by atoms with Gasteiger partial charge in [-0.3, -0.25) is 0 Å². The fourth-order valence-corrected chi connectivity index (χ4v) is 0.461. The average Bonchev–Trinajstić information content (AvgIpc) is 1.83. The number of carbonyl (C=O) groups excluding carboxylic acids is 1. The third-order valence-electron chi connectivity index (χ3n) is 1.04. The topological polar surface area (TPSA) is 57.5 Å². The number of carbonyl (C=O) groups is 1. The van der Waals surface area contributed by atoms with Gasteiger partial charge in [0.15, 0.2) is 0 Å². The third kappa shape index (κ3) is 5.46. The minimum Gasteiger partial charge on any atom is -0.394 e. The lowest BCUT2D eigenvalue weighted by molar-refractivity contribution is -0.117. The van der Waals surface area contributed by atoms with Gasteiger partial charge in [0.2, 0.25) is 0 Å². The Morgan fingerprint density at radius 3 is 2.56 bits per heavy atom. The summed E-state index contributed by atoms with van der Waals surface area (Å²) in [5.74, 6) is 0.0440. The second kappa shape index (κ2) is 4.47. The molecule has 0 aromatic rings. The van der Waals surface area contributed by atoms with Crippen LogP contribution in [0.3, 0.4) is 0 Å². The number of ketones is 1. The summed E-state index contributed by atoms with van der Waals surface area (Å²) in [6.07, 6.45) is -0.0120.